The molecule has 5 nitrogen and oxygen atoms in total. The van der Waals surface area contributed by atoms with Crippen molar-refractivity contribution < 1.29 is 13.2 Å². The van der Waals surface area contributed by atoms with Crippen molar-refractivity contribution in [3.05, 3.63) is 32.6 Å². The first-order valence-electron chi connectivity index (χ1n) is 8.07. The smallest absolute Gasteiger partial charge is 0.363 e. The second-order valence-electron chi connectivity index (χ2n) is 6.27. The first kappa shape index (κ1) is 19.4. The first-order chi connectivity index (χ1) is 12.2. The van der Waals surface area contributed by atoms with Crippen LogP contribution < -0.4 is 9.80 Å². The van der Waals surface area contributed by atoms with Crippen LogP contribution in [0.4, 0.5) is 24.9 Å². The third-order valence-electron chi connectivity index (χ3n) is 4.11. The van der Waals surface area contributed by atoms with Gasteiger partial charge in [-0.15, -0.1) is 11.3 Å². The van der Waals surface area contributed by atoms with Crippen LogP contribution in [0.2, 0.25) is 0 Å². The number of hydrogen-bond acceptors (Lipinski definition) is 6. The molecule has 142 valence electrons. The molecule has 0 unspecified atom stereocenters. The van der Waals surface area contributed by atoms with E-state index >= 15 is 0 Å². The van der Waals surface area contributed by atoms with Gasteiger partial charge in [-0.1, -0.05) is 0 Å². The fourth-order valence-corrected chi connectivity index (χ4v) is 4.23. The van der Waals surface area contributed by atoms with Crippen LogP contribution in [-0.4, -0.2) is 55.1 Å². The maximum Gasteiger partial charge on any atom is 0.433 e. The fraction of sp³-hybridized carbons (Fsp3) is 0.500. The molecule has 0 aliphatic carbocycles. The summed E-state index contributed by atoms with van der Waals surface area (Å²) in [5.74, 6) is 0.398. The molecule has 0 atom stereocenters. The van der Waals surface area contributed by atoms with E-state index in [2.05, 4.69) is 36.9 Å². The zero-order valence-corrected chi connectivity index (χ0v) is 16.8. The van der Waals surface area contributed by atoms with Gasteiger partial charge in [-0.25, -0.2) is 4.98 Å². The van der Waals surface area contributed by atoms with Crippen molar-refractivity contribution in [3.63, 3.8) is 0 Å². The van der Waals surface area contributed by atoms with E-state index in [1.165, 1.54) is 4.88 Å². The van der Waals surface area contributed by atoms with E-state index < -0.39 is 11.9 Å². The first-order valence-corrected chi connectivity index (χ1v) is 9.68. The Hall–Kier alpha value is -1.39. The maximum absolute atomic E-state index is 13.1. The average Bonchev–Trinajstić information content (AvgIpc) is 2.99. The van der Waals surface area contributed by atoms with Crippen molar-refractivity contribution in [2.75, 3.05) is 50.1 Å². The minimum atomic E-state index is -4.49. The molecule has 0 radical (unpaired) electrons. The summed E-state index contributed by atoms with van der Waals surface area (Å²) in [5.41, 5.74) is -0.905. The quantitative estimate of drug-likeness (QED) is 0.710. The summed E-state index contributed by atoms with van der Waals surface area (Å²) in [6, 6.07) is 5.09. The molecule has 2 aromatic heterocycles. The van der Waals surface area contributed by atoms with Crippen LogP contribution in [-0.2, 0) is 12.7 Å². The maximum atomic E-state index is 13.1. The van der Waals surface area contributed by atoms with Crippen molar-refractivity contribution in [2.45, 2.75) is 12.7 Å². The van der Waals surface area contributed by atoms with Crippen molar-refractivity contribution in [2.24, 2.45) is 0 Å². The Morgan fingerprint density at radius 2 is 1.85 bits per heavy atom. The number of halogens is 4. The Morgan fingerprint density at radius 3 is 2.38 bits per heavy atom. The van der Waals surface area contributed by atoms with Crippen molar-refractivity contribution in [1.82, 2.24) is 14.9 Å². The molecule has 1 saturated heterocycles. The molecule has 10 heteroatoms. The Morgan fingerprint density at radius 1 is 1.15 bits per heavy atom. The molecule has 1 aliphatic rings. The molecule has 0 spiro atoms. The number of anilines is 2. The van der Waals surface area contributed by atoms with Gasteiger partial charge in [-0.2, -0.15) is 18.2 Å². The number of hydrogen-bond donors (Lipinski definition) is 0. The van der Waals surface area contributed by atoms with Crippen LogP contribution in [0.3, 0.4) is 0 Å². The molecule has 0 N–H and O–H groups in total. The number of alkyl halides is 3. The highest BCUT2D eigenvalue weighted by atomic mass is 79.9. The second kappa shape index (κ2) is 7.69. The molecular formula is C16H19BrF3N5S. The number of aromatic nitrogens is 2. The van der Waals surface area contributed by atoms with Gasteiger partial charge in [0, 0.05) is 57.8 Å². The summed E-state index contributed by atoms with van der Waals surface area (Å²) in [5, 5.41) is 0. The van der Waals surface area contributed by atoms with Crippen LogP contribution in [0.1, 0.15) is 10.6 Å². The van der Waals surface area contributed by atoms with Crippen LogP contribution >= 0.6 is 27.3 Å². The Kier molecular flexibility index (Phi) is 5.73. The Balaban J connectivity index is 1.71. The molecule has 1 fully saturated rings. The van der Waals surface area contributed by atoms with Gasteiger partial charge in [-0.05, 0) is 28.1 Å². The van der Waals surface area contributed by atoms with Gasteiger partial charge in [-0.3, -0.25) is 4.90 Å². The van der Waals surface area contributed by atoms with Gasteiger partial charge in [0.2, 0.25) is 5.95 Å². The normalized spacial score (nSPS) is 16.2. The van der Waals surface area contributed by atoms with Crippen molar-refractivity contribution in [3.8, 4) is 0 Å². The highest BCUT2D eigenvalue weighted by Crippen LogP contribution is 2.31. The molecule has 0 bridgehead atoms. The zero-order valence-electron chi connectivity index (χ0n) is 14.4. The molecule has 0 amide bonds. The molecule has 3 heterocycles. The minimum absolute atomic E-state index is 0.141. The van der Waals surface area contributed by atoms with Gasteiger partial charge in [0.25, 0.3) is 0 Å². The molecule has 0 saturated carbocycles. The fourth-order valence-electron chi connectivity index (χ4n) is 2.70. The van der Waals surface area contributed by atoms with E-state index in [4.69, 9.17) is 0 Å². The van der Waals surface area contributed by atoms with Crippen LogP contribution in [0.15, 0.2) is 22.0 Å². The average molecular weight is 450 g/mol. The lowest BCUT2D eigenvalue weighted by molar-refractivity contribution is -0.141. The van der Waals surface area contributed by atoms with Crippen LogP contribution in [0.25, 0.3) is 0 Å². The molecule has 0 aromatic carbocycles. The number of piperazine rings is 1. The lowest BCUT2D eigenvalue weighted by Crippen LogP contribution is -2.46. The topological polar surface area (TPSA) is 35.5 Å². The van der Waals surface area contributed by atoms with Crippen LogP contribution in [0, 0.1) is 0 Å². The molecule has 1 aliphatic heterocycles. The number of thiophene rings is 1. The molecule has 3 rings (SSSR count). The highest BCUT2D eigenvalue weighted by Gasteiger charge is 2.34. The molecule has 26 heavy (non-hydrogen) atoms. The minimum Gasteiger partial charge on any atom is -0.363 e. The van der Waals surface area contributed by atoms with E-state index in [9.17, 15) is 13.2 Å². The van der Waals surface area contributed by atoms with E-state index in [0.29, 0.717) is 13.1 Å². The van der Waals surface area contributed by atoms with E-state index in [1.54, 1.807) is 30.3 Å². The summed E-state index contributed by atoms with van der Waals surface area (Å²) in [6.45, 7) is 3.55. The monoisotopic (exact) mass is 449 g/mol. The summed E-state index contributed by atoms with van der Waals surface area (Å²) in [4.78, 5) is 15.0. The lowest BCUT2D eigenvalue weighted by atomic mass is 10.3. The van der Waals surface area contributed by atoms with Crippen LogP contribution in [0.5, 0.6) is 0 Å². The highest BCUT2D eigenvalue weighted by molar-refractivity contribution is 9.11. The standard InChI is InChI=1S/C16H19BrF3N5S/c1-23(2)14-9-12(16(18,19)20)21-15(22-14)25-7-5-24(6-8-25)10-11-3-4-13(17)26-11/h3-4,9H,5-8,10H2,1-2H3. The van der Waals surface area contributed by atoms with Gasteiger partial charge in [0.05, 0.1) is 3.79 Å². The van der Waals surface area contributed by atoms with Gasteiger partial charge >= 0.3 is 6.18 Å². The van der Waals surface area contributed by atoms with Gasteiger partial charge < -0.3 is 9.80 Å². The SMILES string of the molecule is CN(C)c1cc(C(F)(F)F)nc(N2CCN(Cc3ccc(Br)s3)CC2)n1. The third-order valence-corrected chi connectivity index (χ3v) is 5.72. The third kappa shape index (κ3) is 4.66. The number of rotatable bonds is 4. The summed E-state index contributed by atoms with van der Waals surface area (Å²) >= 11 is 5.15. The predicted molar refractivity (Wildman–Crippen MR) is 101 cm³/mol. The largest absolute Gasteiger partial charge is 0.433 e. The van der Waals surface area contributed by atoms with E-state index in [-0.39, 0.29) is 11.8 Å². The molecule has 2 aromatic rings. The summed E-state index contributed by atoms with van der Waals surface area (Å²) in [6.07, 6.45) is -4.49. The summed E-state index contributed by atoms with van der Waals surface area (Å²) < 4.78 is 40.5. The zero-order chi connectivity index (χ0) is 18.9. The Labute approximate surface area is 162 Å². The van der Waals surface area contributed by atoms with Crippen molar-refractivity contribution >= 4 is 39.0 Å². The van der Waals surface area contributed by atoms with Crippen molar-refractivity contribution in [1.29, 1.82) is 0 Å². The Bertz CT molecular complexity index is 757. The van der Waals surface area contributed by atoms with E-state index in [1.807, 2.05) is 11.0 Å². The molecular weight excluding hydrogens is 431 g/mol. The summed E-state index contributed by atoms with van der Waals surface area (Å²) in [7, 11) is 3.34. The lowest BCUT2D eigenvalue weighted by Gasteiger charge is -2.35. The van der Waals surface area contributed by atoms with E-state index in [0.717, 1.165) is 29.5 Å². The van der Waals surface area contributed by atoms with Gasteiger partial charge in [0.15, 0.2) is 5.69 Å². The predicted octanol–water partition coefficient (Wildman–Crippen LogP) is 3.71. The second-order valence-corrected chi connectivity index (χ2v) is 8.82. The van der Waals surface area contributed by atoms with Gasteiger partial charge in [0.1, 0.15) is 5.82 Å². The number of nitrogens with zero attached hydrogens (tertiary/aromatic N) is 5.